The number of nitrogens with one attached hydrogen (secondary N) is 1. The highest BCUT2D eigenvalue weighted by Crippen LogP contribution is 2.40. The topological polar surface area (TPSA) is 50.3 Å². The first-order valence-electron chi connectivity index (χ1n) is 11.8. The van der Waals surface area contributed by atoms with Gasteiger partial charge >= 0.3 is 6.01 Å². The minimum atomic E-state index is -0.687. The van der Waals surface area contributed by atoms with Gasteiger partial charge in [0.25, 0.3) is 0 Å². The van der Waals surface area contributed by atoms with E-state index in [1.54, 1.807) is 6.07 Å². The number of benzene rings is 3. The molecule has 0 saturated carbocycles. The molecule has 34 heavy (non-hydrogen) atoms. The molecular weight excluding hydrogens is 434 g/mol. The van der Waals surface area contributed by atoms with E-state index in [-0.39, 0.29) is 17.1 Å². The van der Waals surface area contributed by atoms with Crippen LogP contribution in [0, 0.1) is 11.6 Å². The van der Waals surface area contributed by atoms with Gasteiger partial charge in [-0.05, 0) is 47.2 Å². The largest absolute Gasteiger partial charge is 0.467 e. The van der Waals surface area contributed by atoms with Gasteiger partial charge in [0, 0.05) is 30.6 Å². The Morgan fingerprint density at radius 1 is 1.06 bits per heavy atom. The molecule has 5 nitrogen and oxygen atoms in total. The number of nitrogens with zero attached hydrogens (tertiary/aromatic N) is 3. The number of fused-ring (bicyclic) bond motifs is 4. The van der Waals surface area contributed by atoms with Crippen molar-refractivity contribution in [2.45, 2.75) is 38.3 Å². The van der Waals surface area contributed by atoms with Gasteiger partial charge in [-0.3, -0.25) is 0 Å². The number of methoxy groups -OCH3 is 1. The van der Waals surface area contributed by atoms with Gasteiger partial charge in [-0.1, -0.05) is 43.3 Å². The molecular formula is C27H26F2N4O. The molecule has 2 atom stereocenters. The van der Waals surface area contributed by atoms with Crippen molar-refractivity contribution in [2.24, 2.45) is 0 Å². The van der Waals surface area contributed by atoms with E-state index in [0.717, 1.165) is 48.7 Å². The first-order chi connectivity index (χ1) is 16.6. The van der Waals surface area contributed by atoms with Crippen LogP contribution in [-0.2, 0) is 6.42 Å². The Bertz CT molecular complexity index is 1410. The van der Waals surface area contributed by atoms with Crippen molar-refractivity contribution in [2.75, 3.05) is 25.1 Å². The molecule has 3 heterocycles. The standard InChI is InChI=1S/C27H26F2N4O/c1-3-15-6-4-7-16-8-5-9-19(22(15)16)23-21(28)12-20-25(24(23)29)31-27(34-2)32-26(20)33-13-17-10-11-18(14-33)30-17/h4-9,12,17-18,30H,3,10-11,13-14H2,1-2H3. The minimum absolute atomic E-state index is 0.0638. The van der Waals surface area contributed by atoms with E-state index in [0.29, 0.717) is 28.9 Å². The Morgan fingerprint density at radius 3 is 2.50 bits per heavy atom. The first kappa shape index (κ1) is 21.2. The minimum Gasteiger partial charge on any atom is -0.467 e. The Balaban J connectivity index is 1.60. The van der Waals surface area contributed by atoms with Crippen LogP contribution in [0.4, 0.5) is 14.6 Å². The van der Waals surface area contributed by atoms with Crippen molar-refractivity contribution in [3.8, 4) is 17.1 Å². The fraction of sp³-hybridized carbons (Fsp3) is 0.333. The third kappa shape index (κ3) is 3.29. The Kier molecular flexibility index (Phi) is 5.10. The van der Waals surface area contributed by atoms with Crippen LogP contribution in [-0.4, -0.2) is 42.3 Å². The highest BCUT2D eigenvalue weighted by Gasteiger charge is 2.34. The van der Waals surface area contributed by atoms with Crippen LogP contribution in [0.2, 0.25) is 0 Å². The lowest BCUT2D eigenvalue weighted by Crippen LogP contribution is -2.51. The third-order valence-electron chi connectivity index (χ3n) is 7.18. The molecule has 2 saturated heterocycles. The van der Waals surface area contributed by atoms with Gasteiger partial charge in [-0.2, -0.15) is 9.97 Å². The zero-order valence-electron chi connectivity index (χ0n) is 19.2. The average molecular weight is 461 g/mol. The second kappa shape index (κ2) is 8.17. The van der Waals surface area contributed by atoms with Gasteiger partial charge in [-0.25, -0.2) is 8.78 Å². The lowest BCUT2D eigenvalue weighted by Gasteiger charge is -2.34. The second-order valence-corrected chi connectivity index (χ2v) is 9.19. The summed E-state index contributed by atoms with van der Waals surface area (Å²) in [6, 6.07) is 13.7. The van der Waals surface area contributed by atoms with Gasteiger partial charge in [0.15, 0.2) is 5.82 Å². The van der Waals surface area contributed by atoms with Gasteiger partial charge in [0.1, 0.15) is 17.2 Å². The smallest absolute Gasteiger partial charge is 0.318 e. The van der Waals surface area contributed by atoms with E-state index in [9.17, 15) is 0 Å². The van der Waals surface area contributed by atoms with Crippen LogP contribution in [0.1, 0.15) is 25.3 Å². The fourth-order valence-electron chi connectivity index (χ4n) is 5.63. The van der Waals surface area contributed by atoms with Crippen LogP contribution in [0.25, 0.3) is 32.8 Å². The number of anilines is 1. The van der Waals surface area contributed by atoms with Crippen molar-refractivity contribution in [1.29, 1.82) is 0 Å². The average Bonchev–Trinajstić information content (AvgIpc) is 3.20. The number of rotatable bonds is 4. The van der Waals surface area contributed by atoms with Gasteiger partial charge < -0.3 is 15.0 Å². The van der Waals surface area contributed by atoms with E-state index < -0.39 is 11.6 Å². The van der Waals surface area contributed by atoms with Crippen molar-refractivity contribution in [3.05, 3.63) is 59.7 Å². The monoisotopic (exact) mass is 460 g/mol. The Hall–Kier alpha value is -3.32. The van der Waals surface area contributed by atoms with E-state index in [1.165, 1.54) is 13.2 Å². The number of piperazine rings is 1. The van der Waals surface area contributed by atoms with E-state index in [4.69, 9.17) is 4.74 Å². The first-order valence-corrected chi connectivity index (χ1v) is 11.8. The summed E-state index contributed by atoms with van der Waals surface area (Å²) in [5.41, 5.74) is 1.59. The molecule has 0 aliphatic carbocycles. The molecule has 6 rings (SSSR count). The summed E-state index contributed by atoms with van der Waals surface area (Å²) in [5.74, 6) is -0.776. The molecule has 0 radical (unpaired) electrons. The quantitative estimate of drug-likeness (QED) is 0.451. The van der Waals surface area contributed by atoms with Gasteiger partial charge in [-0.15, -0.1) is 0 Å². The molecule has 2 unspecified atom stereocenters. The van der Waals surface area contributed by atoms with Gasteiger partial charge in [0.2, 0.25) is 0 Å². The molecule has 2 fully saturated rings. The van der Waals surface area contributed by atoms with E-state index >= 15 is 8.78 Å². The molecule has 1 N–H and O–H groups in total. The highest BCUT2D eigenvalue weighted by molar-refractivity contribution is 6.02. The second-order valence-electron chi connectivity index (χ2n) is 9.19. The van der Waals surface area contributed by atoms with E-state index in [2.05, 4.69) is 20.2 Å². The maximum absolute atomic E-state index is 16.2. The summed E-state index contributed by atoms with van der Waals surface area (Å²) < 4.78 is 37.3. The highest BCUT2D eigenvalue weighted by atomic mass is 19.1. The molecule has 1 aromatic heterocycles. The Labute approximate surface area is 196 Å². The summed E-state index contributed by atoms with van der Waals surface area (Å²) in [5, 5.41) is 5.77. The molecule has 7 heteroatoms. The fourth-order valence-corrected chi connectivity index (χ4v) is 5.63. The summed E-state index contributed by atoms with van der Waals surface area (Å²) >= 11 is 0. The number of ether oxygens (including phenoxy) is 1. The maximum Gasteiger partial charge on any atom is 0.318 e. The summed E-state index contributed by atoms with van der Waals surface area (Å²) in [6.07, 6.45) is 2.95. The van der Waals surface area contributed by atoms with E-state index in [1.807, 2.05) is 37.3 Å². The zero-order valence-corrected chi connectivity index (χ0v) is 19.2. The number of aryl methyl sites for hydroxylation is 1. The molecule has 4 aromatic rings. The van der Waals surface area contributed by atoms with Crippen LogP contribution >= 0.6 is 0 Å². The molecule has 3 aromatic carbocycles. The molecule has 2 aliphatic rings. The van der Waals surface area contributed by atoms with Crippen molar-refractivity contribution < 1.29 is 13.5 Å². The summed E-state index contributed by atoms with van der Waals surface area (Å²) in [4.78, 5) is 11.0. The normalized spacial score (nSPS) is 19.8. The molecule has 0 spiro atoms. The van der Waals surface area contributed by atoms with Crippen molar-refractivity contribution in [1.82, 2.24) is 15.3 Å². The summed E-state index contributed by atoms with van der Waals surface area (Å²) in [6.45, 7) is 3.52. The SMILES string of the molecule is CCc1cccc2cccc(-c3c(F)cc4c(N5CC6CCC(C5)N6)nc(OC)nc4c3F)c12. The zero-order chi connectivity index (χ0) is 23.4. The van der Waals surface area contributed by atoms with Crippen molar-refractivity contribution in [3.63, 3.8) is 0 Å². The third-order valence-corrected chi connectivity index (χ3v) is 7.18. The summed E-state index contributed by atoms with van der Waals surface area (Å²) in [7, 11) is 1.47. The van der Waals surface area contributed by atoms with Crippen molar-refractivity contribution >= 4 is 27.5 Å². The maximum atomic E-state index is 16.2. The molecule has 174 valence electrons. The number of hydrogen-bond acceptors (Lipinski definition) is 5. The van der Waals surface area contributed by atoms with Crippen LogP contribution in [0.15, 0.2) is 42.5 Å². The lowest BCUT2D eigenvalue weighted by atomic mass is 9.92. The van der Waals surface area contributed by atoms with Gasteiger partial charge in [0.05, 0.1) is 12.7 Å². The predicted octanol–water partition coefficient (Wildman–Crippen LogP) is 5.24. The Morgan fingerprint density at radius 2 is 1.79 bits per heavy atom. The predicted molar refractivity (Wildman–Crippen MR) is 130 cm³/mol. The molecule has 0 amide bonds. The number of aromatic nitrogens is 2. The molecule has 2 aliphatic heterocycles. The van der Waals surface area contributed by atoms with Crippen LogP contribution < -0.4 is 15.0 Å². The van der Waals surface area contributed by atoms with Crippen LogP contribution in [0.5, 0.6) is 6.01 Å². The molecule has 2 bridgehead atoms. The lowest BCUT2D eigenvalue weighted by molar-refractivity contribution is 0.380. The number of halogens is 2. The number of hydrogen-bond donors (Lipinski definition) is 1. The van der Waals surface area contributed by atoms with Crippen LogP contribution in [0.3, 0.4) is 0 Å².